The van der Waals surface area contributed by atoms with E-state index in [1.807, 2.05) is 0 Å². The third-order valence-corrected chi connectivity index (χ3v) is 1.15. The molecule has 10 heavy (non-hydrogen) atoms. The van der Waals surface area contributed by atoms with E-state index in [1.165, 1.54) is 12.6 Å². The molecule has 0 aliphatic rings. The molecule has 0 heterocycles. The zero-order chi connectivity index (χ0) is 4.99. The average Bonchev–Trinajstić information content (AvgIpc) is 1.65. The van der Waals surface area contributed by atoms with Crippen molar-refractivity contribution in [3.8, 4) is 0 Å². The molecule has 0 aliphatic heterocycles. The van der Waals surface area contributed by atoms with Crippen molar-refractivity contribution in [3.63, 3.8) is 0 Å². The molecule has 0 atom stereocenters. The van der Waals surface area contributed by atoms with Crippen LogP contribution < -0.4 is 0 Å². The van der Waals surface area contributed by atoms with Crippen LogP contribution in [-0.2, 0) is 95.9 Å². The quantitative estimate of drug-likeness (QED) is 0.302. The van der Waals surface area contributed by atoms with E-state index in [9.17, 15) is 0 Å². The monoisotopic (exact) mass is 724 g/mol. The molecule has 0 unspecified atom stereocenters. The maximum absolute atomic E-state index is 3.88. The normalized spacial score (nSPS) is 5.10. The van der Waals surface area contributed by atoms with Crippen LogP contribution in [-0.4, -0.2) is 6.71 Å². The van der Waals surface area contributed by atoms with E-state index in [0.29, 0.717) is 6.71 Å². The van der Waals surface area contributed by atoms with Crippen molar-refractivity contribution in [1.29, 1.82) is 0 Å². The summed E-state index contributed by atoms with van der Waals surface area (Å²) in [6.45, 7) is 8.90. The first-order valence-corrected chi connectivity index (χ1v) is 2.64. The minimum Gasteiger partial charge on any atom is -0.365 e. The maximum Gasteiger partial charge on any atom is 0 e. The zero-order valence-corrected chi connectivity index (χ0v) is 18.1. The predicted octanol–water partition coefficient (Wildman–Crippen LogP) is 1.88. The molecular formula is C5H12BW3Y-. The van der Waals surface area contributed by atoms with E-state index >= 15 is 0 Å². The van der Waals surface area contributed by atoms with Gasteiger partial charge in [0.05, 0.1) is 0 Å². The van der Waals surface area contributed by atoms with Crippen LogP contribution in [0.4, 0.5) is 0 Å². The van der Waals surface area contributed by atoms with Gasteiger partial charge in [0.1, 0.15) is 0 Å². The van der Waals surface area contributed by atoms with Gasteiger partial charge in [-0.05, 0) is 6.71 Å². The molecule has 0 rings (SSSR count). The first-order chi connectivity index (χ1) is 2.81. The smallest absolute Gasteiger partial charge is 0 e. The molecule has 0 fully saturated rings. The molecule has 0 aromatic carbocycles. The van der Waals surface area contributed by atoms with Gasteiger partial charge >= 0.3 is 0 Å². The van der Waals surface area contributed by atoms with E-state index in [0.717, 1.165) is 0 Å². The van der Waals surface area contributed by atoms with Gasteiger partial charge in [0, 0.05) is 95.9 Å². The van der Waals surface area contributed by atoms with Gasteiger partial charge in [-0.2, -0.15) is 0 Å². The van der Waals surface area contributed by atoms with E-state index in [-0.39, 0.29) is 95.9 Å². The molecule has 0 saturated heterocycles. The van der Waals surface area contributed by atoms with Gasteiger partial charge in [0.2, 0.25) is 0 Å². The molecular weight excluding hydrogens is 711 g/mol. The summed E-state index contributed by atoms with van der Waals surface area (Å²) in [6.07, 6.45) is 2.44. The second-order valence-electron chi connectivity index (χ2n) is 1.68. The molecule has 57 valence electrons. The molecule has 0 aromatic heterocycles. The summed E-state index contributed by atoms with van der Waals surface area (Å²) in [4.78, 5) is 0. The Hall–Kier alpha value is 3.23. The van der Waals surface area contributed by atoms with Gasteiger partial charge in [-0.15, -0.1) is 12.6 Å². The number of rotatable bonds is 2. The maximum atomic E-state index is 3.88. The summed E-state index contributed by atoms with van der Waals surface area (Å²) in [5.74, 6) is 0. The van der Waals surface area contributed by atoms with E-state index < -0.39 is 0 Å². The molecule has 0 amide bonds. The molecule has 0 N–H and O–H groups in total. The first-order valence-electron chi connectivity index (χ1n) is 2.64. The van der Waals surface area contributed by atoms with Gasteiger partial charge in [0.25, 0.3) is 0 Å². The van der Waals surface area contributed by atoms with Crippen molar-refractivity contribution in [1.82, 2.24) is 0 Å². The van der Waals surface area contributed by atoms with Crippen LogP contribution >= 0.6 is 0 Å². The molecule has 0 bridgehead atoms. The number of hydrogen-bond donors (Lipinski definition) is 0. The van der Waals surface area contributed by atoms with Crippen LogP contribution in [0.3, 0.4) is 0 Å². The Morgan fingerprint density at radius 2 is 1.20 bits per heavy atom. The standard InChI is InChI=1S/C5H12B.3W.Y/c1-4-6(3)5-2;;;;/h3-5H2,1-2H3;;;;/q-1;;;;. The zero-order valence-electron chi connectivity index (χ0n) is 6.50. The Kier molecular flexibility index (Phi) is 66.5. The second-order valence-corrected chi connectivity index (χ2v) is 1.68. The van der Waals surface area contributed by atoms with Crippen molar-refractivity contribution >= 4 is 6.71 Å². The molecule has 0 aliphatic carbocycles. The first kappa shape index (κ1) is 29.2. The number of hydrogen-bond acceptors (Lipinski definition) is 0. The van der Waals surface area contributed by atoms with Crippen LogP contribution in [0.25, 0.3) is 0 Å². The molecule has 1 radical (unpaired) electrons. The van der Waals surface area contributed by atoms with E-state index in [2.05, 4.69) is 20.7 Å². The van der Waals surface area contributed by atoms with Crippen LogP contribution in [0.2, 0.25) is 12.6 Å². The SMILES string of the molecule is [CH2-]B(CC)CC.[W].[W].[W].[Y]. The van der Waals surface area contributed by atoms with Crippen molar-refractivity contribution in [2.24, 2.45) is 0 Å². The van der Waals surface area contributed by atoms with E-state index in [1.54, 1.807) is 0 Å². The Morgan fingerprint density at radius 3 is 1.20 bits per heavy atom. The third kappa shape index (κ3) is 22.5. The van der Waals surface area contributed by atoms with Gasteiger partial charge < -0.3 is 6.82 Å². The summed E-state index contributed by atoms with van der Waals surface area (Å²) in [5.41, 5.74) is 0. The minimum atomic E-state index is 0. The summed E-state index contributed by atoms with van der Waals surface area (Å²) in [7, 11) is 0. The Morgan fingerprint density at radius 1 is 1.00 bits per heavy atom. The molecule has 0 aromatic rings. The molecule has 0 spiro atoms. The van der Waals surface area contributed by atoms with Gasteiger partial charge in [-0.25, -0.2) is 0 Å². The molecule has 0 nitrogen and oxygen atoms in total. The molecule has 5 heteroatoms. The summed E-state index contributed by atoms with van der Waals surface area (Å²) in [6, 6.07) is 0. The van der Waals surface area contributed by atoms with Crippen molar-refractivity contribution < 1.29 is 95.9 Å². The fourth-order valence-electron chi connectivity index (χ4n) is 0.289. The molecule has 0 saturated carbocycles. The van der Waals surface area contributed by atoms with Crippen molar-refractivity contribution in [3.05, 3.63) is 6.82 Å². The van der Waals surface area contributed by atoms with Crippen LogP contribution in [0.5, 0.6) is 0 Å². The van der Waals surface area contributed by atoms with Crippen molar-refractivity contribution in [2.75, 3.05) is 0 Å². The fraction of sp³-hybridized carbons (Fsp3) is 0.800. The summed E-state index contributed by atoms with van der Waals surface area (Å²) in [5, 5.41) is 0. The second kappa shape index (κ2) is 22.8. The Bertz CT molecular complexity index is 36.1. The van der Waals surface area contributed by atoms with Crippen LogP contribution in [0, 0.1) is 6.82 Å². The average molecular weight is 723 g/mol. The summed E-state index contributed by atoms with van der Waals surface area (Å²) >= 11 is 0. The van der Waals surface area contributed by atoms with Gasteiger partial charge in [0.15, 0.2) is 0 Å². The van der Waals surface area contributed by atoms with Crippen LogP contribution in [0.15, 0.2) is 0 Å². The predicted molar refractivity (Wildman–Crippen MR) is 32.1 cm³/mol. The minimum absolute atomic E-state index is 0. The Labute approximate surface area is 134 Å². The van der Waals surface area contributed by atoms with Gasteiger partial charge in [-0.3, -0.25) is 0 Å². The van der Waals surface area contributed by atoms with Gasteiger partial charge in [-0.1, -0.05) is 13.8 Å². The largest absolute Gasteiger partial charge is 0.365 e. The van der Waals surface area contributed by atoms with Crippen molar-refractivity contribution in [2.45, 2.75) is 26.5 Å². The topological polar surface area (TPSA) is 0 Å². The summed E-state index contributed by atoms with van der Waals surface area (Å²) < 4.78 is 0. The Balaban J connectivity index is -0.0000000208. The van der Waals surface area contributed by atoms with E-state index in [4.69, 9.17) is 0 Å². The van der Waals surface area contributed by atoms with Crippen LogP contribution in [0.1, 0.15) is 13.8 Å². The third-order valence-electron chi connectivity index (χ3n) is 1.15. The fourth-order valence-corrected chi connectivity index (χ4v) is 0.289.